The molecule has 0 aromatic carbocycles. The van der Waals surface area contributed by atoms with Gasteiger partial charge in [0, 0.05) is 12.5 Å². The Balaban J connectivity index is 1.60. The highest BCUT2D eigenvalue weighted by Crippen LogP contribution is 2.53. The van der Waals surface area contributed by atoms with Gasteiger partial charge in [0.05, 0.1) is 6.42 Å². The Kier molecular flexibility index (Phi) is 3.16. The van der Waals surface area contributed by atoms with Crippen LogP contribution in [0.5, 0.6) is 0 Å². The summed E-state index contributed by atoms with van der Waals surface area (Å²) in [4.78, 5) is 23.2. The highest BCUT2D eigenvalue weighted by molar-refractivity contribution is 5.97. The predicted molar refractivity (Wildman–Crippen MR) is 68.9 cm³/mol. The lowest BCUT2D eigenvalue weighted by Crippen LogP contribution is -2.56. The second-order valence-electron chi connectivity index (χ2n) is 6.59. The van der Waals surface area contributed by atoms with E-state index in [0.717, 1.165) is 11.8 Å². The number of nitrogens with one attached hydrogen (secondary N) is 1. The molecule has 0 spiro atoms. The number of amides is 1. The molecule has 0 radical (unpaired) electrons. The van der Waals surface area contributed by atoms with E-state index in [2.05, 4.69) is 5.32 Å². The molecule has 4 aliphatic rings. The summed E-state index contributed by atoms with van der Waals surface area (Å²) in [6.07, 6.45) is 7.20. The van der Waals surface area contributed by atoms with E-state index in [9.17, 15) is 9.59 Å². The quantitative estimate of drug-likeness (QED) is 0.777. The van der Waals surface area contributed by atoms with Gasteiger partial charge in [-0.25, -0.2) is 0 Å². The number of carbonyl (C=O) groups excluding carboxylic acids is 2. The SMILES string of the molecule is CCC(=O)CC(=O)NC1C2CC3CC(C2)CC1C3. The largest absolute Gasteiger partial charge is 0.352 e. The molecule has 3 nitrogen and oxygen atoms in total. The predicted octanol–water partition coefficient (Wildman–Crippen LogP) is 2.30. The second kappa shape index (κ2) is 4.67. The maximum Gasteiger partial charge on any atom is 0.227 e. The van der Waals surface area contributed by atoms with E-state index < -0.39 is 0 Å². The van der Waals surface area contributed by atoms with Crippen molar-refractivity contribution in [1.82, 2.24) is 5.32 Å². The molecule has 0 aromatic heterocycles. The number of Topliss-reactive ketones (excluding diaryl/α,β-unsaturated/α-hetero) is 1. The number of hydrogen-bond acceptors (Lipinski definition) is 2. The third-order valence-corrected chi connectivity index (χ3v) is 5.31. The van der Waals surface area contributed by atoms with Crippen molar-refractivity contribution in [2.24, 2.45) is 23.7 Å². The molecule has 0 saturated heterocycles. The molecular formula is C15H23NO2. The molecule has 4 saturated carbocycles. The average Bonchev–Trinajstić information content (AvgIpc) is 2.32. The molecule has 0 heterocycles. The van der Waals surface area contributed by atoms with E-state index in [1.165, 1.54) is 32.1 Å². The van der Waals surface area contributed by atoms with E-state index in [0.29, 0.717) is 24.3 Å². The van der Waals surface area contributed by atoms with Crippen molar-refractivity contribution < 1.29 is 9.59 Å². The van der Waals surface area contributed by atoms with Gasteiger partial charge in [0.15, 0.2) is 0 Å². The topological polar surface area (TPSA) is 46.2 Å². The summed E-state index contributed by atoms with van der Waals surface area (Å²) >= 11 is 0. The van der Waals surface area contributed by atoms with Crippen molar-refractivity contribution in [3.8, 4) is 0 Å². The minimum Gasteiger partial charge on any atom is -0.352 e. The van der Waals surface area contributed by atoms with Crippen LogP contribution in [0.3, 0.4) is 0 Å². The van der Waals surface area contributed by atoms with Crippen LogP contribution in [-0.2, 0) is 9.59 Å². The van der Waals surface area contributed by atoms with Crippen molar-refractivity contribution in [1.29, 1.82) is 0 Å². The molecule has 4 fully saturated rings. The molecule has 0 aromatic rings. The number of rotatable bonds is 4. The zero-order valence-corrected chi connectivity index (χ0v) is 11.2. The standard InChI is InChI=1S/C15H23NO2/c1-2-13(17)8-14(18)16-15-11-4-9-3-10(6-11)7-12(15)5-9/h9-12,15H,2-8H2,1H3,(H,16,18). The fourth-order valence-corrected chi connectivity index (χ4v) is 4.70. The lowest BCUT2D eigenvalue weighted by molar-refractivity contribution is -0.130. The van der Waals surface area contributed by atoms with Crippen LogP contribution in [0.2, 0.25) is 0 Å². The average molecular weight is 249 g/mol. The smallest absolute Gasteiger partial charge is 0.227 e. The number of ketones is 1. The Bertz CT molecular complexity index is 336. The monoisotopic (exact) mass is 249 g/mol. The van der Waals surface area contributed by atoms with Crippen molar-refractivity contribution in [3.63, 3.8) is 0 Å². The summed E-state index contributed by atoms with van der Waals surface area (Å²) < 4.78 is 0. The Morgan fingerprint density at radius 3 is 2.06 bits per heavy atom. The zero-order chi connectivity index (χ0) is 12.7. The number of carbonyl (C=O) groups is 2. The molecule has 4 aliphatic carbocycles. The van der Waals surface area contributed by atoms with Crippen molar-refractivity contribution in [3.05, 3.63) is 0 Å². The van der Waals surface area contributed by atoms with Gasteiger partial charge in [-0.05, 0) is 55.8 Å². The van der Waals surface area contributed by atoms with Crippen molar-refractivity contribution >= 4 is 11.7 Å². The highest BCUT2D eigenvalue weighted by Gasteiger charge is 2.48. The summed E-state index contributed by atoms with van der Waals surface area (Å²) in [6.45, 7) is 1.82. The van der Waals surface area contributed by atoms with Crippen LogP contribution in [0.15, 0.2) is 0 Å². The summed E-state index contributed by atoms with van der Waals surface area (Å²) in [5.41, 5.74) is 0. The van der Waals surface area contributed by atoms with Crippen LogP contribution in [0, 0.1) is 23.7 Å². The molecule has 3 heteroatoms. The first-order valence-corrected chi connectivity index (χ1v) is 7.46. The van der Waals surface area contributed by atoms with Gasteiger partial charge in [0.2, 0.25) is 5.91 Å². The summed E-state index contributed by atoms with van der Waals surface area (Å²) in [7, 11) is 0. The Labute approximate surface area is 109 Å². The lowest BCUT2D eigenvalue weighted by Gasteiger charge is -2.54. The zero-order valence-electron chi connectivity index (χ0n) is 11.2. The van der Waals surface area contributed by atoms with Crippen LogP contribution in [0.4, 0.5) is 0 Å². The fraction of sp³-hybridized carbons (Fsp3) is 0.867. The van der Waals surface area contributed by atoms with Gasteiger partial charge in [-0.1, -0.05) is 6.92 Å². The first-order valence-electron chi connectivity index (χ1n) is 7.46. The van der Waals surface area contributed by atoms with Crippen LogP contribution >= 0.6 is 0 Å². The van der Waals surface area contributed by atoms with Gasteiger partial charge in [-0.2, -0.15) is 0 Å². The fourth-order valence-electron chi connectivity index (χ4n) is 4.70. The van der Waals surface area contributed by atoms with Gasteiger partial charge in [0.25, 0.3) is 0 Å². The maximum absolute atomic E-state index is 11.9. The summed E-state index contributed by atoms with van der Waals surface area (Å²) in [5.74, 6) is 3.26. The molecule has 0 unspecified atom stereocenters. The molecule has 0 aliphatic heterocycles. The van der Waals surface area contributed by atoms with Gasteiger partial charge in [-0.15, -0.1) is 0 Å². The van der Waals surface area contributed by atoms with Gasteiger partial charge in [0.1, 0.15) is 5.78 Å². The minimum atomic E-state index is -0.0423. The summed E-state index contributed by atoms with van der Waals surface area (Å²) in [5, 5.41) is 3.17. The van der Waals surface area contributed by atoms with Gasteiger partial charge < -0.3 is 5.32 Å². The molecule has 4 bridgehead atoms. The second-order valence-corrected chi connectivity index (χ2v) is 6.59. The van der Waals surface area contributed by atoms with E-state index in [1.54, 1.807) is 0 Å². The third-order valence-electron chi connectivity index (χ3n) is 5.31. The molecule has 18 heavy (non-hydrogen) atoms. The third kappa shape index (κ3) is 2.19. The van der Waals surface area contributed by atoms with Crippen LogP contribution in [0.25, 0.3) is 0 Å². The van der Waals surface area contributed by atoms with Crippen LogP contribution in [-0.4, -0.2) is 17.7 Å². The molecular weight excluding hydrogens is 226 g/mol. The van der Waals surface area contributed by atoms with Crippen molar-refractivity contribution in [2.45, 2.75) is 57.9 Å². The van der Waals surface area contributed by atoms with E-state index in [-0.39, 0.29) is 18.1 Å². The van der Waals surface area contributed by atoms with Gasteiger partial charge >= 0.3 is 0 Å². The Hall–Kier alpha value is -0.860. The molecule has 100 valence electrons. The molecule has 1 amide bonds. The van der Waals surface area contributed by atoms with Crippen LogP contribution in [0.1, 0.15) is 51.9 Å². The highest BCUT2D eigenvalue weighted by atomic mass is 16.2. The van der Waals surface area contributed by atoms with Crippen molar-refractivity contribution in [2.75, 3.05) is 0 Å². The maximum atomic E-state index is 11.9. The first kappa shape index (κ1) is 12.2. The summed E-state index contributed by atoms with van der Waals surface area (Å²) in [6, 6.07) is 0.370. The van der Waals surface area contributed by atoms with Gasteiger partial charge in [-0.3, -0.25) is 9.59 Å². The number of hydrogen-bond donors (Lipinski definition) is 1. The van der Waals surface area contributed by atoms with E-state index in [1.807, 2.05) is 6.92 Å². The Morgan fingerprint density at radius 1 is 1.00 bits per heavy atom. The van der Waals surface area contributed by atoms with E-state index >= 15 is 0 Å². The molecule has 1 N–H and O–H groups in total. The minimum absolute atomic E-state index is 0.0423. The first-order chi connectivity index (χ1) is 8.65. The molecule has 0 atom stereocenters. The molecule has 4 rings (SSSR count). The van der Waals surface area contributed by atoms with E-state index in [4.69, 9.17) is 0 Å². The Morgan fingerprint density at radius 2 is 1.56 bits per heavy atom. The van der Waals surface area contributed by atoms with Crippen LogP contribution < -0.4 is 5.32 Å². The lowest BCUT2D eigenvalue weighted by atomic mass is 9.54. The normalized spacial score (nSPS) is 40.8.